The van der Waals surface area contributed by atoms with Crippen molar-refractivity contribution in [1.29, 1.82) is 0 Å². The number of benzene rings is 3. The number of ether oxygens (including phenoxy) is 1. The summed E-state index contributed by atoms with van der Waals surface area (Å²) in [7, 11) is 0. The standard InChI is InChI=1S/C28H26FN3O5/c1-3-17-5-4-6-20(15-17)16(2)30-27(34)25-31-22-12-11-21(29)24(23(22)26(33)32-25)37-14-13-18-7-9-19(10-8-18)28(35)36/h4-12,15-16H,3,13-14H2,1-2H3,(H,30,34)(H,35,36)(H,31,32,33). The molecule has 3 N–H and O–H groups in total. The lowest BCUT2D eigenvalue weighted by Gasteiger charge is -2.15. The third kappa shape index (κ3) is 5.83. The molecule has 0 fully saturated rings. The van der Waals surface area contributed by atoms with Gasteiger partial charge in [0.15, 0.2) is 17.4 Å². The van der Waals surface area contributed by atoms with Crippen molar-refractivity contribution in [3.63, 3.8) is 0 Å². The highest BCUT2D eigenvalue weighted by Crippen LogP contribution is 2.25. The summed E-state index contributed by atoms with van der Waals surface area (Å²) >= 11 is 0. The number of fused-ring (bicyclic) bond motifs is 1. The van der Waals surface area contributed by atoms with Gasteiger partial charge < -0.3 is 20.1 Å². The van der Waals surface area contributed by atoms with E-state index in [-0.39, 0.29) is 40.7 Å². The molecule has 0 aliphatic heterocycles. The maximum atomic E-state index is 14.6. The molecular formula is C28H26FN3O5. The molecule has 8 nitrogen and oxygen atoms in total. The molecule has 1 aromatic heterocycles. The molecule has 1 unspecified atom stereocenters. The van der Waals surface area contributed by atoms with E-state index >= 15 is 0 Å². The Morgan fingerprint density at radius 3 is 2.57 bits per heavy atom. The van der Waals surface area contributed by atoms with Crippen molar-refractivity contribution in [2.45, 2.75) is 32.7 Å². The summed E-state index contributed by atoms with van der Waals surface area (Å²) in [4.78, 5) is 43.4. The minimum Gasteiger partial charge on any atom is -0.489 e. The first-order chi connectivity index (χ1) is 17.8. The van der Waals surface area contributed by atoms with Crippen LogP contribution in [0.15, 0.2) is 65.5 Å². The van der Waals surface area contributed by atoms with Crippen LogP contribution in [0.2, 0.25) is 0 Å². The molecule has 1 amide bonds. The van der Waals surface area contributed by atoms with Gasteiger partial charge in [0.25, 0.3) is 11.5 Å². The predicted octanol–water partition coefficient (Wildman–Crippen LogP) is 4.44. The average Bonchev–Trinajstić information content (AvgIpc) is 2.90. The number of aromatic nitrogens is 2. The molecule has 1 heterocycles. The maximum Gasteiger partial charge on any atom is 0.335 e. The van der Waals surface area contributed by atoms with E-state index in [4.69, 9.17) is 9.84 Å². The second-order valence-corrected chi connectivity index (χ2v) is 8.58. The number of aryl methyl sites for hydroxylation is 1. The second-order valence-electron chi connectivity index (χ2n) is 8.58. The fourth-order valence-corrected chi connectivity index (χ4v) is 3.94. The van der Waals surface area contributed by atoms with Crippen molar-refractivity contribution < 1.29 is 23.8 Å². The van der Waals surface area contributed by atoms with E-state index in [1.165, 1.54) is 18.2 Å². The van der Waals surface area contributed by atoms with Gasteiger partial charge in [0.05, 0.1) is 23.7 Å². The summed E-state index contributed by atoms with van der Waals surface area (Å²) in [6.45, 7) is 3.92. The van der Waals surface area contributed by atoms with Crippen LogP contribution in [0.1, 0.15) is 57.6 Å². The molecule has 4 rings (SSSR count). The number of carbonyl (C=O) groups is 2. The highest BCUT2D eigenvalue weighted by atomic mass is 19.1. The van der Waals surface area contributed by atoms with Crippen LogP contribution in [0.25, 0.3) is 10.9 Å². The van der Waals surface area contributed by atoms with Gasteiger partial charge in [-0.25, -0.2) is 14.2 Å². The van der Waals surface area contributed by atoms with Crippen molar-refractivity contribution in [3.05, 3.63) is 105 Å². The fourth-order valence-electron chi connectivity index (χ4n) is 3.94. The number of aromatic amines is 1. The molecule has 0 bridgehead atoms. The molecular weight excluding hydrogens is 477 g/mol. The molecule has 0 saturated carbocycles. The summed E-state index contributed by atoms with van der Waals surface area (Å²) in [5.74, 6) is -2.77. The Morgan fingerprint density at radius 2 is 1.86 bits per heavy atom. The fraction of sp³-hybridized carbons (Fsp3) is 0.214. The molecule has 4 aromatic rings. The zero-order chi connectivity index (χ0) is 26.5. The van der Waals surface area contributed by atoms with E-state index in [9.17, 15) is 18.8 Å². The minimum absolute atomic E-state index is 0.0401. The molecule has 0 spiro atoms. The van der Waals surface area contributed by atoms with Crippen LogP contribution in [-0.4, -0.2) is 33.6 Å². The van der Waals surface area contributed by atoms with E-state index in [1.54, 1.807) is 12.1 Å². The van der Waals surface area contributed by atoms with Gasteiger partial charge >= 0.3 is 5.97 Å². The largest absolute Gasteiger partial charge is 0.489 e. The van der Waals surface area contributed by atoms with Crippen LogP contribution in [0.4, 0.5) is 4.39 Å². The molecule has 0 aliphatic rings. The third-order valence-electron chi connectivity index (χ3n) is 6.04. The Kier molecular flexibility index (Phi) is 7.62. The molecule has 9 heteroatoms. The van der Waals surface area contributed by atoms with Gasteiger partial charge in [0.1, 0.15) is 5.39 Å². The Balaban J connectivity index is 1.51. The van der Waals surface area contributed by atoms with E-state index in [2.05, 4.69) is 15.3 Å². The smallest absolute Gasteiger partial charge is 0.335 e. The monoisotopic (exact) mass is 503 g/mol. The van der Waals surface area contributed by atoms with Crippen molar-refractivity contribution in [2.24, 2.45) is 0 Å². The number of carbonyl (C=O) groups excluding carboxylic acids is 1. The Hall–Kier alpha value is -4.53. The number of H-pyrrole nitrogens is 1. The molecule has 37 heavy (non-hydrogen) atoms. The Morgan fingerprint density at radius 1 is 1.11 bits per heavy atom. The van der Waals surface area contributed by atoms with Crippen molar-refractivity contribution >= 4 is 22.8 Å². The van der Waals surface area contributed by atoms with E-state index in [0.29, 0.717) is 6.42 Å². The van der Waals surface area contributed by atoms with Crippen LogP contribution in [-0.2, 0) is 12.8 Å². The quantitative estimate of drug-likeness (QED) is 0.311. The van der Waals surface area contributed by atoms with E-state index < -0.39 is 23.3 Å². The van der Waals surface area contributed by atoms with Gasteiger partial charge in [-0.15, -0.1) is 0 Å². The SMILES string of the molecule is CCc1cccc(C(C)NC(=O)c2nc3ccc(F)c(OCCc4ccc(C(=O)O)cc4)c3c(=O)[nH]2)c1. The Bertz CT molecular complexity index is 1520. The zero-order valence-corrected chi connectivity index (χ0v) is 20.4. The van der Waals surface area contributed by atoms with E-state index in [1.807, 2.05) is 38.1 Å². The van der Waals surface area contributed by atoms with Crippen molar-refractivity contribution in [3.8, 4) is 5.75 Å². The number of aromatic carboxylic acids is 1. The summed E-state index contributed by atoms with van der Waals surface area (Å²) in [6.07, 6.45) is 1.23. The first-order valence-corrected chi connectivity index (χ1v) is 11.8. The number of rotatable bonds is 9. The lowest BCUT2D eigenvalue weighted by atomic mass is 10.0. The van der Waals surface area contributed by atoms with Crippen LogP contribution < -0.4 is 15.6 Å². The van der Waals surface area contributed by atoms with Gasteiger partial charge in [0, 0.05) is 6.42 Å². The summed E-state index contributed by atoms with van der Waals surface area (Å²) in [5, 5.41) is 11.7. The summed E-state index contributed by atoms with van der Waals surface area (Å²) in [6, 6.07) is 16.2. The number of nitrogens with zero attached hydrogens (tertiary/aromatic N) is 1. The maximum absolute atomic E-state index is 14.6. The number of halogens is 1. The summed E-state index contributed by atoms with van der Waals surface area (Å²) in [5.41, 5.74) is 2.43. The van der Waals surface area contributed by atoms with Crippen molar-refractivity contribution in [2.75, 3.05) is 6.61 Å². The number of hydrogen-bond donors (Lipinski definition) is 3. The lowest BCUT2D eigenvalue weighted by molar-refractivity contribution is 0.0696. The molecule has 1 atom stereocenters. The van der Waals surface area contributed by atoms with Crippen LogP contribution in [0, 0.1) is 5.82 Å². The molecule has 0 radical (unpaired) electrons. The third-order valence-corrected chi connectivity index (χ3v) is 6.04. The first kappa shape index (κ1) is 25.6. The van der Waals surface area contributed by atoms with Crippen LogP contribution >= 0.6 is 0 Å². The van der Waals surface area contributed by atoms with Gasteiger partial charge in [-0.1, -0.05) is 43.3 Å². The highest BCUT2D eigenvalue weighted by Gasteiger charge is 2.19. The number of amides is 1. The minimum atomic E-state index is -1.03. The highest BCUT2D eigenvalue weighted by molar-refractivity contribution is 5.94. The lowest BCUT2D eigenvalue weighted by Crippen LogP contribution is -2.30. The van der Waals surface area contributed by atoms with Gasteiger partial charge in [0.2, 0.25) is 0 Å². The van der Waals surface area contributed by atoms with Gasteiger partial charge in [-0.3, -0.25) is 9.59 Å². The summed E-state index contributed by atoms with van der Waals surface area (Å²) < 4.78 is 20.2. The average molecular weight is 504 g/mol. The predicted molar refractivity (Wildman–Crippen MR) is 137 cm³/mol. The zero-order valence-electron chi connectivity index (χ0n) is 20.4. The molecule has 3 aromatic carbocycles. The number of carboxylic acid groups (broad SMARTS) is 1. The molecule has 190 valence electrons. The topological polar surface area (TPSA) is 121 Å². The van der Waals surface area contributed by atoms with Crippen molar-refractivity contribution in [1.82, 2.24) is 15.3 Å². The number of carboxylic acids is 1. The van der Waals surface area contributed by atoms with Gasteiger partial charge in [-0.2, -0.15) is 0 Å². The van der Waals surface area contributed by atoms with Crippen LogP contribution in [0.5, 0.6) is 5.75 Å². The molecule has 0 saturated heterocycles. The van der Waals surface area contributed by atoms with Gasteiger partial charge in [-0.05, 0) is 54.3 Å². The Labute approximate surface area is 212 Å². The number of hydrogen-bond acceptors (Lipinski definition) is 5. The first-order valence-electron chi connectivity index (χ1n) is 11.8. The number of nitrogens with one attached hydrogen (secondary N) is 2. The van der Waals surface area contributed by atoms with E-state index in [0.717, 1.165) is 29.2 Å². The molecule has 0 aliphatic carbocycles. The normalized spacial score (nSPS) is 11.8. The second kappa shape index (κ2) is 11.0. The van der Waals surface area contributed by atoms with Crippen LogP contribution in [0.3, 0.4) is 0 Å².